The maximum Gasteiger partial charge on any atom is 0.200 e. The second-order valence-corrected chi connectivity index (χ2v) is 4.97. The highest BCUT2D eigenvalue weighted by molar-refractivity contribution is 5.52. The zero-order chi connectivity index (χ0) is 15.4. The summed E-state index contributed by atoms with van der Waals surface area (Å²) in [5.74, 6) is 1.15. The monoisotopic (exact) mass is 288 g/mol. The van der Waals surface area contributed by atoms with E-state index in [0.29, 0.717) is 17.2 Å². The highest BCUT2D eigenvalue weighted by Crippen LogP contribution is 2.37. The van der Waals surface area contributed by atoms with Crippen LogP contribution in [0.5, 0.6) is 23.0 Å². The molecule has 0 atom stereocenters. The van der Waals surface area contributed by atoms with Crippen molar-refractivity contribution < 1.29 is 19.7 Å². The molecule has 0 heterocycles. The second kappa shape index (κ2) is 6.39. The molecule has 2 aromatic carbocycles. The topological polar surface area (TPSA) is 58.9 Å². The van der Waals surface area contributed by atoms with Gasteiger partial charge in [-0.05, 0) is 54.7 Å². The van der Waals surface area contributed by atoms with Crippen molar-refractivity contribution in [3.8, 4) is 23.0 Å². The van der Waals surface area contributed by atoms with E-state index in [2.05, 4.69) is 0 Å². The van der Waals surface area contributed by atoms with Gasteiger partial charge in [-0.2, -0.15) is 0 Å². The third kappa shape index (κ3) is 3.40. The summed E-state index contributed by atoms with van der Waals surface area (Å²) >= 11 is 0. The first-order valence-corrected chi connectivity index (χ1v) is 6.77. The maximum absolute atomic E-state index is 9.89. The number of phenols is 2. The molecule has 0 unspecified atom stereocenters. The van der Waals surface area contributed by atoms with Gasteiger partial charge in [0.2, 0.25) is 5.75 Å². The van der Waals surface area contributed by atoms with Crippen molar-refractivity contribution in [2.75, 3.05) is 14.2 Å². The van der Waals surface area contributed by atoms with Gasteiger partial charge < -0.3 is 19.7 Å². The quantitative estimate of drug-likeness (QED) is 0.887. The molecule has 4 nitrogen and oxygen atoms in total. The average molecular weight is 288 g/mol. The van der Waals surface area contributed by atoms with Gasteiger partial charge in [0.15, 0.2) is 11.5 Å². The Morgan fingerprint density at radius 2 is 1.43 bits per heavy atom. The number of aryl methyl sites for hydroxylation is 3. The number of methoxy groups -OCH3 is 2. The molecule has 0 saturated carbocycles. The third-order valence-corrected chi connectivity index (χ3v) is 3.50. The van der Waals surface area contributed by atoms with E-state index in [-0.39, 0.29) is 5.75 Å². The number of ether oxygens (including phenoxy) is 2. The normalized spacial score (nSPS) is 10.4. The molecule has 0 aliphatic heterocycles. The third-order valence-electron chi connectivity index (χ3n) is 3.50. The first-order chi connectivity index (χ1) is 10.0. The molecule has 4 heteroatoms. The second-order valence-electron chi connectivity index (χ2n) is 4.97. The summed E-state index contributed by atoms with van der Waals surface area (Å²) < 4.78 is 10.3. The van der Waals surface area contributed by atoms with E-state index >= 15 is 0 Å². The predicted molar refractivity (Wildman–Crippen MR) is 81.5 cm³/mol. The van der Waals surface area contributed by atoms with Crippen LogP contribution in [0.2, 0.25) is 0 Å². The number of phenolic OH excluding ortho intramolecular Hbond substituents is 2. The molecule has 0 fully saturated rings. The van der Waals surface area contributed by atoms with E-state index in [1.54, 1.807) is 6.07 Å². The first-order valence-electron chi connectivity index (χ1n) is 6.77. The van der Waals surface area contributed by atoms with Gasteiger partial charge in [0.05, 0.1) is 14.2 Å². The molecule has 0 saturated heterocycles. The van der Waals surface area contributed by atoms with E-state index in [9.17, 15) is 10.2 Å². The molecule has 0 aliphatic carbocycles. The van der Waals surface area contributed by atoms with Crippen LogP contribution in [0.25, 0.3) is 0 Å². The fourth-order valence-corrected chi connectivity index (χ4v) is 2.25. The smallest absolute Gasteiger partial charge is 0.200 e. The van der Waals surface area contributed by atoms with E-state index in [4.69, 9.17) is 9.47 Å². The van der Waals surface area contributed by atoms with Gasteiger partial charge in [-0.25, -0.2) is 0 Å². The van der Waals surface area contributed by atoms with Crippen molar-refractivity contribution in [2.45, 2.75) is 19.8 Å². The number of hydrogen-bond donors (Lipinski definition) is 2. The fraction of sp³-hybridized carbons (Fsp3) is 0.294. The van der Waals surface area contributed by atoms with E-state index in [0.717, 1.165) is 29.5 Å². The first kappa shape index (κ1) is 15.0. The van der Waals surface area contributed by atoms with Gasteiger partial charge >= 0.3 is 0 Å². The van der Waals surface area contributed by atoms with Crippen LogP contribution in [-0.2, 0) is 12.8 Å². The van der Waals surface area contributed by atoms with Crippen LogP contribution >= 0.6 is 0 Å². The van der Waals surface area contributed by atoms with Crippen LogP contribution < -0.4 is 9.47 Å². The standard InChI is InChI=1S/C17H20O4/c1-11-8-12(6-7-14(11)18)4-5-13-9-15(20-2)17(19)16(10-13)21-3/h6-10,18-19H,4-5H2,1-3H3. The molecule has 2 N–H and O–H groups in total. The molecule has 0 aromatic heterocycles. The molecule has 2 rings (SSSR count). The van der Waals surface area contributed by atoms with Crippen molar-refractivity contribution in [1.29, 1.82) is 0 Å². The Labute approximate surface area is 124 Å². The Morgan fingerprint density at radius 3 is 1.95 bits per heavy atom. The molecule has 0 aliphatic rings. The van der Waals surface area contributed by atoms with Gasteiger partial charge in [-0.3, -0.25) is 0 Å². The lowest BCUT2D eigenvalue weighted by Crippen LogP contribution is -1.96. The van der Waals surface area contributed by atoms with E-state index in [1.165, 1.54) is 14.2 Å². The van der Waals surface area contributed by atoms with E-state index < -0.39 is 0 Å². The number of hydrogen-bond acceptors (Lipinski definition) is 4. The molecule has 2 aromatic rings. The molecule has 0 spiro atoms. The molecular formula is C17H20O4. The molecule has 112 valence electrons. The molecule has 0 amide bonds. The summed E-state index contributed by atoms with van der Waals surface area (Å²) in [5, 5.41) is 19.4. The lowest BCUT2D eigenvalue weighted by Gasteiger charge is -2.11. The van der Waals surface area contributed by atoms with Gasteiger partial charge in [0.25, 0.3) is 0 Å². The van der Waals surface area contributed by atoms with E-state index in [1.807, 2.05) is 31.2 Å². The summed E-state index contributed by atoms with van der Waals surface area (Å²) in [6.07, 6.45) is 1.62. The summed E-state index contributed by atoms with van der Waals surface area (Å²) in [6.45, 7) is 1.88. The maximum atomic E-state index is 9.89. The highest BCUT2D eigenvalue weighted by atomic mass is 16.5. The SMILES string of the molecule is COc1cc(CCc2ccc(O)c(C)c2)cc(OC)c1O. The Balaban J connectivity index is 2.17. The Bertz CT molecular complexity index is 610. The van der Waals surface area contributed by atoms with Crippen molar-refractivity contribution in [3.05, 3.63) is 47.0 Å². The lowest BCUT2D eigenvalue weighted by molar-refractivity contribution is 0.339. The van der Waals surface area contributed by atoms with Crippen LogP contribution in [0.15, 0.2) is 30.3 Å². The van der Waals surface area contributed by atoms with Crippen molar-refractivity contribution >= 4 is 0 Å². The minimum atomic E-state index is 0.0178. The zero-order valence-electron chi connectivity index (χ0n) is 12.5. The number of benzene rings is 2. The van der Waals surface area contributed by atoms with Crippen LogP contribution in [-0.4, -0.2) is 24.4 Å². The van der Waals surface area contributed by atoms with Crippen LogP contribution in [0.4, 0.5) is 0 Å². The van der Waals surface area contributed by atoms with Gasteiger partial charge in [-0.15, -0.1) is 0 Å². The van der Waals surface area contributed by atoms with Gasteiger partial charge in [-0.1, -0.05) is 12.1 Å². The minimum Gasteiger partial charge on any atom is -0.508 e. The summed E-state index contributed by atoms with van der Waals surface area (Å²) in [4.78, 5) is 0. The molecule has 21 heavy (non-hydrogen) atoms. The Hall–Kier alpha value is -2.36. The largest absolute Gasteiger partial charge is 0.508 e. The van der Waals surface area contributed by atoms with Crippen LogP contribution in [0, 0.1) is 6.92 Å². The van der Waals surface area contributed by atoms with Crippen molar-refractivity contribution in [1.82, 2.24) is 0 Å². The fourth-order valence-electron chi connectivity index (χ4n) is 2.25. The van der Waals surface area contributed by atoms with Crippen LogP contribution in [0.3, 0.4) is 0 Å². The molecular weight excluding hydrogens is 268 g/mol. The summed E-state index contributed by atoms with van der Waals surface area (Å²) in [7, 11) is 3.03. The van der Waals surface area contributed by atoms with Crippen molar-refractivity contribution in [2.24, 2.45) is 0 Å². The zero-order valence-corrected chi connectivity index (χ0v) is 12.5. The van der Waals surface area contributed by atoms with Gasteiger partial charge in [0.1, 0.15) is 5.75 Å². The molecule has 0 radical (unpaired) electrons. The summed E-state index contributed by atoms with van der Waals surface area (Å²) in [6, 6.07) is 9.22. The lowest BCUT2D eigenvalue weighted by atomic mass is 10.0. The average Bonchev–Trinajstić information content (AvgIpc) is 2.49. The summed E-state index contributed by atoms with van der Waals surface area (Å²) in [5.41, 5.74) is 3.04. The predicted octanol–water partition coefficient (Wildman–Crippen LogP) is 3.21. The van der Waals surface area contributed by atoms with Crippen LogP contribution in [0.1, 0.15) is 16.7 Å². The van der Waals surface area contributed by atoms with Crippen molar-refractivity contribution in [3.63, 3.8) is 0 Å². The minimum absolute atomic E-state index is 0.0178. The number of aromatic hydroxyl groups is 2. The Morgan fingerprint density at radius 1 is 0.857 bits per heavy atom. The Kier molecular flexibility index (Phi) is 4.58. The molecule has 0 bridgehead atoms. The number of rotatable bonds is 5. The highest BCUT2D eigenvalue weighted by Gasteiger charge is 2.11. The van der Waals surface area contributed by atoms with Gasteiger partial charge in [0, 0.05) is 0 Å².